The first-order valence-corrected chi connectivity index (χ1v) is 5.63. The number of halogens is 1. The summed E-state index contributed by atoms with van der Waals surface area (Å²) in [6, 6.07) is 6.86. The van der Waals surface area contributed by atoms with Crippen LogP contribution >= 0.6 is 0 Å². The van der Waals surface area contributed by atoms with E-state index in [-0.39, 0.29) is 12.2 Å². The minimum absolute atomic E-state index is 0.135. The first kappa shape index (κ1) is 11.1. The van der Waals surface area contributed by atoms with E-state index in [4.69, 9.17) is 5.11 Å². The summed E-state index contributed by atoms with van der Waals surface area (Å²) in [5.74, 6) is -0.126. The van der Waals surface area contributed by atoms with Crippen molar-refractivity contribution in [1.82, 2.24) is 0 Å². The van der Waals surface area contributed by atoms with Crippen molar-refractivity contribution < 1.29 is 14.3 Å². The normalized spacial score (nSPS) is 23.8. The number of benzene rings is 1. The zero-order chi connectivity index (χ0) is 11.5. The molecule has 1 fully saturated rings. The van der Waals surface area contributed by atoms with Crippen LogP contribution in [0.25, 0.3) is 0 Å². The summed E-state index contributed by atoms with van der Waals surface area (Å²) in [5.41, 5.74) is 0.786. The molecule has 0 radical (unpaired) electrons. The van der Waals surface area contributed by atoms with Gasteiger partial charge in [-0.1, -0.05) is 18.2 Å². The van der Waals surface area contributed by atoms with E-state index < -0.39 is 5.97 Å². The second-order valence-electron chi connectivity index (χ2n) is 4.49. The number of carboxylic acids is 1. The Labute approximate surface area is 94.1 Å². The van der Waals surface area contributed by atoms with Gasteiger partial charge in [0, 0.05) is 6.42 Å². The monoisotopic (exact) mass is 222 g/mol. The molecule has 0 amide bonds. The molecule has 0 saturated heterocycles. The van der Waals surface area contributed by atoms with Gasteiger partial charge in [-0.25, -0.2) is 4.39 Å². The lowest BCUT2D eigenvalue weighted by atomic mass is 9.69. The molecule has 1 aliphatic carbocycles. The maximum absolute atomic E-state index is 13.4. The average molecular weight is 222 g/mol. The van der Waals surface area contributed by atoms with E-state index in [1.807, 2.05) is 12.1 Å². The SMILES string of the molecule is O=C(O)CCC1CC(c2ccccc2F)C1. The second-order valence-corrected chi connectivity index (χ2v) is 4.49. The zero-order valence-electron chi connectivity index (χ0n) is 9.03. The molecule has 2 rings (SSSR count). The summed E-state index contributed by atoms with van der Waals surface area (Å²) < 4.78 is 13.4. The predicted octanol–water partition coefficient (Wildman–Crippen LogP) is 3.18. The molecule has 1 N–H and O–H groups in total. The summed E-state index contributed by atoms with van der Waals surface area (Å²) in [6.45, 7) is 0. The van der Waals surface area contributed by atoms with Crippen molar-refractivity contribution in [2.45, 2.75) is 31.6 Å². The number of hydrogen-bond acceptors (Lipinski definition) is 1. The van der Waals surface area contributed by atoms with Gasteiger partial charge in [-0.3, -0.25) is 4.79 Å². The van der Waals surface area contributed by atoms with Crippen LogP contribution in [0.5, 0.6) is 0 Å². The van der Waals surface area contributed by atoms with Crippen LogP contribution in [0.15, 0.2) is 24.3 Å². The zero-order valence-corrected chi connectivity index (χ0v) is 9.03. The summed E-state index contributed by atoms with van der Waals surface area (Å²) in [7, 11) is 0. The standard InChI is InChI=1S/C13H15FO2/c14-12-4-2-1-3-11(12)10-7-9(8-10)5-6-13(15)16/h1-4,9-10H,5-8H2,(H,15,16). The quantitative estimate of drug-likeness (QED) is 0.849. The van der Waals surface area contributed by atoms with Crippen LogP contribution in [0.4, 0.5) is 4.39 Å². The molecular formula is C13H15FO2. The van der Waals surface area contributed by atoms with Gasteiger partial charge in [0.05, 0.1) is 0 Å². The maximum atomic E-state index is 13.4. The fourth-order valence-electron chi connectivity index (χ4n) is 2.36. The number of hydrogen-bond donors (Lipinski definition) is 1. The number of aliphatic carboxylic acids is 1. The lowest BCUT2D eigenvalue weighted by Gasteiger charge is -2.35. The Hall–Kier alpha value is -1.38. The van der Waals surface area contributed by atoms with Crippen molar-refractivity contribution in [2.75, 3.05) is 0 Å². The minimum Gasteiger partial charge on any atom is -0.481 e. The van der Waals surface area contributed by atoms with E-state index >= 15 is 0 Å². The third kappa shape index (κ3) is 2.40. The van der Waals surface area contributed by atoms with E-state index in [1.165, 1.54) is 6.07 Å². The number of carboxylic acid groups (broad SMARTS) is 1. The molecule has 2 nitrogen and oxygen atoms in total. The van der Waals surface area contributed by atoms with Crippen molar-refractivity contribution in [3.05, 3.63) is 35.6 Å². The van der Waals surface area contributed by atoms with E-state index in [9.17, 15) is 9.18 Å². The van der Waals surface area contributed by atoms with Crippen LogP contribution in [0.1, 0.15) is 37.2 Å². The van der Waals surface area contributed by atoms with Gasteiger partial charge in [-0.15, -0.1) is 0 Å². The fraction of sp³-hybridized carbons (Fsp3) is 0.462. The Balaban J connectivity index is 1.84. The van der Waals surface area contributed by atoms with Crippen molar-refractivity contribution in [1.29, 1.82) is 0 Å². The minimum atomic E-state index is -0.741. The van der Waals surface area contributed by atoms with Gasteiger partial charge < -0.3 is 5.11 Å². The summed E-state index contributed by atoms with van der Waals surface area (Å²) >= 11 is 0. The Bertz CT molecular complexity index is 383. The Morgan fingerprint density at radius 1 is 1.38 bits per heavy atom. The van der Waals surface area contributed by atoms with E-state index in [2.05, 4.69) is 0 Å². The largest absolute Gasteiger partial charge is 0.481 e. The van der Waals surface area contributed by atoms with Gasteiger partial charge in [-0.2, -0.15) is 0 Å². The van der Waals surface area contributed by atoms with Crippen LogP contribution in [0, 0.1) is 11.7 Å². The first-order valence-electron chi connectivity index (χ1n) is 5.63. The third-order valence-corrected chi connectivity index (χ3v) is 3.35. The molecular weight excluding hydrogens is 207 g/mol. The molecule has 1 saturated carbocycles. The Kier molecular flexibility index (Phi) is 3.22. The molecule has 0 aromatic heterocycles. The fourth-order valence-corrected chi connectivity index (χ4v) is 2.36. The summed E-state index contributed by atoms with van der Waals surface area (Å²) in [6.07, 6.45) is 2.80. The molecule has 0 aliphatic heterocycles. The van der Waals surface area contributed by atoms with Gasteiger partial charge in [0.25, 0.3) is 0 Å². The maximum Gasteiger partial charge on any atom is 0.303 e. The highest BCUT2D eigenvalue weighted by Crippen LogP contribution is 2.44. The van der Waals surface area contributed by atoms with Gasteiger partial charge in [0.2, 0.25) is 0 Å². The Morgan fingerprint density at radius 2 is 2.06 bits per heavy atom. The molecule has 1 aromatic carbocycles. The van der Waals surface area contributed by atoms with Crippen LogP contribution in [0.2, 0.25) is 0 Å². The van der Waals surface area contributed by atoms with Gasteiger partial charge in [0.15, 0.2) is 0 Å². The molecule has 86 valence electrons. The van der Waals surface area contributed by atoms with Crippen LogP contribution in [-0.2, 0) is 4.79 Å². The molecule has 0 spiro atoms. The van der Waals surface area contributed by atoms with E-state index in [0.717, 1.165) is 24.8 Å². The highest BCUT2D eigenvalue weighted by molar-refractivity contribution is 5.66. The molecule has 0 unspecified atom stereocenters. The Morgan fingerprint density at radius 3 is 2.69 bits per heavy atom. The molecule has 0 atom stereocenters. The van der Waals surface area contributed by atoms with E-state index in [1.54, 1.807) is 6.07 Å². The highest BCUT2D eigenvalue weighted by Gasteiger charge is 2.31. The molecule has 3 heteroatoms. The number of rotatable bonds is 4. The smallest absolute Gasteiger partial charge is 0.303 e. The lowest BCUT2D eigenvalue weighted by molar-refractivity contribution is -0.137. The van der Waals surface area contributed by atoms with Crippen molar-refractivity contribution in [3.63, 3.8) is 0 Å². The van der Waals surface area contributed by atoms with Crippen molar-refractivity contribution in [2.24, 2.45) is 5.92 Å². The highest BCUT2D eigenvalue weighted by atomic mass is 19.1. The first-order chi connectivity index (χ1) is 7.66. The van der Waals surface area contributed by atoms with Crippen molar-refractivity contribution in [3.8, 4) is 0 Å². The van der Waals surface area contributed by atoms with E-state index in [0.29, 0.717) is 11.8 Å². The molecule has 0 bridgehead atoms. The average Bonchev–Trinajstić information content (AvgIpc) is 2.17. The molecule has 1 aliphatic rings. The summed E-state index contributed by atoms with van der Waals surface area (Å²) in [4.78, 5) is 10.4. The van der Waals surface area contributed by atoms with Crippen molar-refractivity contribution >= 4 is 5.97 Å². The number of carbonyl (C=O) groups is 1. The molecule has 0 heterocycles. The topological polar surface area (TPSA) is 37.3 Å². The van der Waals surface area contributed by atoms with Crippen LogP contribution in [0.3, 0.4) is 0 Å². The lowest BCUT2D eigenvalue weighted by Crippen LogP contribution is -2.23. The van der Waals surface area contributed by atoms with Crippen LogP contribution < -0.4 is 0 Å². The van der Waals surface area contributed by atoms with Crippen LogP contribution in [-0.4, -0.2) is 11.1 Å². The van der Waals surface area contributed by atoms with Gasteiger partial charge >= 0.3 is 5.97 Å². The third-order valence-electron chi connectivity index (χ3n) is 3.35. The van der Waals surface area contributed by atoms with Gasteiger partial charge in [0.1, 0.15) is 5.82 Å². The molecule has 16 heavy (non-hydrogen) atoms. The summed E-state index contributed by atoms with van der Waals surface area (Å²) in [5, 5.41) is 8.55. The predicted molar refractivity (Wildman–Crippen MR) is 58.7 cm³/mol. The van der Waals surface area contributed by atoms with Gasteiger partial charge in [-0.05, 0) is 42.7 Å². The second kappa shape index (κ2) is 4.64. The molecule has 1 aromatic rings.